The van der Waals surface area contributed by atoms with Crippen LogP contribution in [0.2, 0.25) is 5.02 Å². The average molecular weight is 411 g/mol. The van der Waals surface area contributed by atoms with Gasteiger partial charge in [-0.1, -0.05) is 29.8 Å². The van der Waals surface area contributed by atoms with Gasteiger partial charge in [0.25, 0.3) is 0 Å². The van der Waals surface area contributed by atoms with Crippen molar-refractivity contribution in [1.29, 1.82) is 0 Å². The Bertz CT molecular complexity index is 888. The van der Waals surface area contributed by atoms with Crippen molar-refractivity contribution in [2.45, 2.75) is 26.3 Å². The highest BCUT2D eigenvalue weighted by Gasteiger charge is 2.14. The highest BCUT2D eigenvalue weighted by atomic mass is 35.5. The van der Waals surface area contributed by atoms with Crippen molar-refractivity contribution < 1.29 is 0 Å². The standard InChI is InChI=1S/C22H27ClN6/c1-3-24-22(25-13-11-18-6-5-17(2)26-15-18)27-16-21(29-14-4-12-28-29)19-7-9-20(23)10-8-19/h4-10,12,14-15,21H,3,11,13,16H2,1-2H3,(H2,24,25,27). The molecule has 7 heteroatoms. The van der Waals surface area contributed by atoms with E-state index in [0.717, 1.165) is 41.7 Å². The Hall–Kier alpha value is -2.86. The van der Waals surface area contributed by atoms with Crippen LogP contribution in [0.15, 0.2) is 66.0 Å². The Kier molecular flexibility index (Phi) is 7.64. The first-order chi connectivity index (χ1) is 14.2. The molecule has 3 rings (SSSR count). The lowest BCUT2D eigenvalue weighted by molar-refractivity contribution is 0.531. The van der Waals surface area contributed by atoms with E-state index in [9.17, 15) is 0 Å². The van der Waals surface area contributed by atoms with Gasteiger partial charge in [-0.3, -0.25) is 14.7 Å². The number of guanidine groups is 1. The summed E-state index contributed by atoms with van der Waals surface area (Å²) in [5.41, 5.74) is 3.35. The fourth-order valence-corrected chi connectivity index (χ4v) is 3.11. The SMILES string of the molecule is CCNC(=NCC(c1ccc(Cl)cc1)n1cccn1)NCCc1ccc(C)nc1. The van der Waals surface area contributed by atoms with E-state index in [0.29, 0.717) is 6.54 Å². The fraction of sp³-hybridized carbons (Fsp3) is 0.318. The largest absolute Gasteiger partial charge is 0.357 e. The third-order valence-corrected chi connectivity index (χ3v) is 4.80. The zero-order valence-electron chi connectivity index (χ0n) is 16.8. The molecule has 1 atom stereocenters. The average Bonchev–Trinajstić information content (AvgIpc) is 3.25. The van der Waals surface area contributed by atoms with Crippen molar-refractivity contribution in [3.05, 3.63) is 82.9 Å². The number of aryl methyl sites for hydroxylation is 1. The van der Waals surface area contributed by atoms with Crippen LogP contribution in [0.5, 0.6) is 0 Å². The second kappa shape index (κ2) is 10.6. The van der Waals surface area contributed by atoms with Crippen LogP contribution in [0.4, 0.5) is 0 Å². The number of aromatic nitrogens is 3. The highest BCUT2D eigenvalue weighted by molar-refractivity contribution is 6.30. The van der Waals surface area contributed by atoms with Crippen molar-refractivity contribution in [1.82, 2.24) is 25.4 Å². The molecule has 2 aromatic heterocycles. The molecule has 0 bridgehead atoms. The molecule has 6 nitrogen and oxygen atoms in total. The second-order valence-electron chi connectivity index (χ2n) is 6.76. The van der Waals surface area contributed by atoms with E-state index in [4.69, 9.17) is 16.6 Å². The molecule has 0 spiro atoms. The van der Waals surface area contributed by atoms with Crippen LogP contribution in [0, 0.1) is 6.92 Å². The van der Waals surface area contributed by atoms with Crippen LogP contribution >= 0.6 is 11.6 Å². The number of benzene rings is 1. The molecule has 0 aliphatic carbocycles. The van der Waals surface area contributed by atoms with Crippen molar-refractivity contribution in [3.8, 4) is 0 Å². The molecule has 2 heterocycles. The third kappa shape index (κ3) is 6.32. The first kappa shape index (κ1) is 20.9. The number of nitrogens with one attached hydrogen (secondary N) is 2. The fourth-order valence-electron chi connectivity index (χ4n) is 2.98. The summed E-state index contributed by atoms with van der Waals surface area (Å²) in [5, 5.41) is 11.9. The normalized spacial score (nSPS) is 12.6. The Labute approximate surface area is 177 Å². The van der Waals surface area contributed by atoms with E-state index in [1.807, 2.05) is 60.4 Å². The molecular weight excluding hydrogens is 384 g/mol. The van der Waals surface area contributed by atoms with E-state index < -0.39 is 0 Å². The summed E-state index contributed by atoms with van der Waals surface area (Å²) in [5.74, 6) is 0.790. The number of aliphatic imine (C=N–C) groups is 1. The van der Waals surface area contributed by atoms with Gasteiger partial charge in [0.15, 0.2) is 5.96 Å². The summed E-state index contributed by atoms with van der Waals surface area (Å²) in [6.07, 6.45) is 6.55. The van der Waals surface area contributed by atoms with Crippen LogP contribution in [0.3, 0.4) is 0 Å². The number of halogens is 1. The zero-order valence-corrected chi connectivity index (χ0v) is 17.6. The molecule has 152 valence electrons. The van der Waals surface area contributed by atoms with E-state index >= 15 is 0 Å². The van der Waals surface area contributed by atoms with Crippen molar-refractivity contribution in [2.24, 2.45) is 4.99 Å². The maximum Gasteiger partial charge on any atom is 0.191 e. The first-order valence-electron chi connectivity index (χ1n) is 9.84. The van der Waals surface area contributed by atoms with Crippen LogP contribution in [0.25, 0.3) is 0 Å². The lowest BCUT2D eigenvalue weighted by atomic mass is 10.1. The molecule has 2 N–H and O–H groups in total. The molecule has 0 fully saturated rings. The Balaban J connectivity index is 1.67. The third-order valence-electron chi connectivity index (χ3n) is 4.54. The number of hydrogen-bond acceptors (Lipinski definition) is 3. The molecule has 29 heavy (non-hydrogen) atoms. The molecule has 0 radical (unpaired) electrons. The van der Waals surface area contributed by atoms with Crippen LogP contribution in [-0.2, 0) is 6.42 Å². The summed E-state index contributed by atoms with van der Waals surface area (Å²) in [6.45, 7) is 6.19. The summed E-state index contributed by atoms with van der Waals surface area (Å²) in [7, 11) is 0. The summed E-state index contributed by atoms with van der Waals surface area (Å²) in [4.78, 5) is 9.15. The molecular formula is C22H27ClN6. The smallest absolute Gasteiger partial charge is 0.191 e. The number of hydrogen-bond donors (Lipinski definition) is 2. The van der Waals surface area contributed by atoms with Crippen LogP contribution in [-0.4, -0.2) is 40.4 Å². The summed E-state index contributed by atoms with van der Waals surface area (Å²) < 4.78 is 1.92. The van der Waals surface area contributed by atoms with E-state index in [1.165, 1.54) is 5.56 Å². The second-order valence-corrected chi connectivity index (χ2v) is 7.19. The van der Waals surface area contributed by atoms with Crippen molar-refractivity contribution in [3.63, 3.8) is 0 Å². The van der Waals surface area contributed by atoms with Crippen molar-refractivity contribution >= 4 is 17.6 Å². The van der Waals surface area contributed by atoms with E-state index in [-0.39, 0.29) is 6.04 Å². The number of pyridine rings is 1. The summed E-state index contributed by atoms with van der Waals surface area (Å²) >= 11 is 6.05. The lowest BCUT2D eigenvalue weighted by Crippen LogP contribution is -2.38. The molecule has 0 aliphatic heterocycles. The van der Waals surface area contributed by atoms with Crippen molar-refractivity contribution in [2.75, 3.05) is 19.6 Å². The first-order valence-corrected chi connectivity index (χ1v) is 10.2. The minimum absolute atomic E-state index is 0.000906. The number of nitrogens with zero attached hydrogens (tertiary/aromatic N) is 4. The topological polar surface area (TPSA) is 67.1 Å². The van der Waals surface area contributed by atoms with Gasteiger partial charge in [-0.05, 0) is 55.7 Å². The zero-order chi connectivity index (χ0) is 20.5. The van der Waals surface area contributed by atoms with Gasteiger partial charge in [0.1, 0.15) is 0 Å². The molecule has 0 saturated heterocycles. The van der Waals surface area contributed by atoms with Gasteiger partial charge in [0, 0.05) is 42.4 Å². The van der Waals surface area contributed by atoms with Crippen LogP contribution in [0.1, 0.15) is 29.8 Å². The lowest BCUT2D eigenvalue weighted by Gasteiger charge is -2.18. The van der Waals surface area contributed by atoms with Gasteiger partial charge in [-0.15, -0.1) is 0 Å². The Morgan fingerprint density at radius 2 is 2.00 bits per heavy atom. The monoisotopic (exact) mass is 410 g/mol. The van der Waals surface area contributed by atoms with Gasteiger partial charge in [-0.25, -0.2) is 0 Å². The Morgan fingerprint density at radius 3 is 2.66 bits per heavy atom. The summed E-state index contributed by atoms with van der Waals surface area (Å²) in [6, 6.07) is 13.9. The molecule has 0 aliphatic rings. The Morgan fingerprint density at radius 1 is 1.17 bits per heavy atom. The van der Waals surface area contributed by atoms with Gasteiger partial charge in [-0.2, -0.15) is 5.10 Å². The quantitative estimate of drug-likeness (QED) is 0.439. The van der Waals surface area contributed by atoms with Gasteiger partial charge in [0.05, 0.1) is 12.6 Å². The minimum Gasteiger partial charge on any atom is -0.357 e. The van der Waals surface area contributed by atoms with Gasteiger partial charge < -0.3 is 10.6 Å². The number of rotatable bonds is 8. The molecule has 3 aromatic rings. The predicted octanol–water partition coefficient (Wildman–Crippen LogP) is 3.63. The predicted molar refractivity (Wildman–Crippen MR) is 118 cm³/mol. The van der Waals surface area contributed by atoms with Gasteiger partial charge >= 0.3 is 0 Å². The highest BCUT2D eigenvalue weighted by Crippen LogP contribution is 2.20. The molecule has 0 saturated carbocycles. The molecule has 1 unspecified atom stereocenters. The van der Waals surface area contributed by atoms with Gasteiger partial charge in [0.2, 0.25) is 0 Å². The van der Waals surface area contributed by atoms with E-state index in [2.05, 4.69) is 33.7 Å². The van der Waals surface area contributed by atoms with E-state index in [1.54, 1.807) is 6.20 Å². The minimum atomic E-state index is -0.000906. The van der Waals surface area contributed by atoms with Crippen LogP contribution < -0.4 is 10.6 Å². The molecule has 0 amide bonds. The maximum atomic E-state index is 6.05. The molecule has 1 aromatic carbocycles. The maximum absolute atomic E-state index is 6.05.